The third kappa shape index (κ3) is 2.32. The molecule has 0 atom stereocenters. The second-order valence-electron chi connectivity index (χ2n) is 4.05. The lowest BCUT2D eigenvalue weighted by Crippen LogP contribution is -2.11. The van der Waals surface area contributed by atoms with E-state index in [-0.39, 0.29) is 22.1 Å². The zero-order chi connectivity index (χ0) is 14.4. The largest absolute Gasteiger partial charge is 0.417 e. The summed E-state index contributed by atoms with van der Waals surface area (Å²) in [6.07, 6.45) is -3.77. The van der Waals surface area contributed by atoms with Crippen molar-refractivity contribution in [2.24, 2.45) is 0 Å². The van der Waals surface area contributed by atoms with Crippen molar-refractivity contribution in [2.75, 3.05) is 5.75 Å². The molecular weight excluding hydrogens is 281 g/mol. The molecule has 0 saturated heterocycles. The van der Waals surface area contributed by atoms with Gasteiger partial charge in [0.25, 0.3) is 0 Å². The molecule has 19 heavy (non-hydrogen) atoms. The first-order chi connectivity index (χ1) is 8.66. The highest BCUT2D eigenvalue weighted by atomic mass is 32.2. The van der Waals surface area contributed by atoms with E-state index < -0.39 is 21.6 Å². The number of halogens is 3. The van der Waals surface area contributed by atoms with Crippen LogP contribution in [-0.2, 0) is 16.0 Å². The van der Waals surface area contributed by atoms with E-state index in [4.69, 9.17) is 0 Å². The summed E-state index contributed by atoms with van der Waals surface area (Å²) in [5.41, 5.74) is -0.538. The molecule has 0 N–H and O–H groups in total. The number of aromatic nitrogens is 2. The summed E-state index contributed by atoms with van der Waals surface area (Å²) < 4.78 is 62.8. The molecule has 0 fully saturated rings. The van der Waals surface area contributed by atoms with E-state index in [9.17, 15) is 21.6 Å². The Kier molecular flexibility index (Phi) is 3.08. The van der Waals surface area contributed by atoms with Gasteiger partial charge in [-0.2, -0.15) is 13.2 Å². The number of fused-ring (bicyclic) bond motifs is 1. The Hall–Kier alpha value is -1.57. The third-order valence-electron chi connectivity index (χ3n) is 2.74. The summed E-state index contributed by atoms with van der Waals surface area (Å²) in [7, 11) is -3.64. The van der Waals surface area contributed by atoms with Gasteiger partial charge < -0.3 is 0 Å². The van der Waals surface area contributed by atoms with Crippen LogP contribution < -0.4 is 0 Å². The van der Waals surface area contributed by atoms with Gasteiger partial charge in [-0.25, -0.2) is 13.4 Å². The molecular formula is C11H11F3N2O2S. The Balaban J connectivity index is 2.81. The molecule has 0 radical (unpaired) electrons. The fraction of sp³-hybridized carbons (Fsp3) is 0.364. The summed E-state index contributed by atoms with van der Waals surface area (Å²) in [4.78, 5) is 3.97. The Bertz CT molecular complexity index is 732. The first kappa shape index (κ1) is 13.9. The molecule has 0 bridgehead atoms. The highest BCUT2D eigenvalue weighted by molar-refractivity contribution is 7.91. The first-order valence-corrected chi connectivity index (χ1v) is 7.10. The summed E-state index contributed by atoms with van der Waals surface area (Å²) in [6, 6.07) is 2.04. The average molecular weight is 292 g/mol. The molecule has 2 aromatic heterocycles. The molecule has 0 saturated carbocycles. The van der Waals surface area contributed by atoms with Gasteiger partial charge in [0.05, 0.1) is 17.0 Å². The van der Waals surface area contributed by atoms with Crippen molar-refractivity contribution in [3.8, 4) is 0 Å². The molecule has 0 aromatic carbocycles. The lowest BCUT2D eigenvalue weighted by molar-refractivity contribution is -0.137. The van der Waals surface area contributed by atoms with Crippen LogP contribution in [0.1, 0.15) is 18.2 Å². The van der Waals surface area contributed by atoms with E-state index in [0.717, 1.165) is 22.7 Å². The molecule has 0 spiro atoms. The number of sulfone groups is 1. The number of alkyl halides is 3. The highest BCUT2D eigenvalue weighted by Gasteiger charge is 2.32. The Morgan fingerprint density at radius 1 is 1.32 bits per heavy atom. The van der Waals surface area contributed by atoms with Gasteiger partial charge >= 0.3 is 6.18 Å². The van der Waals surface area contributed by atoms with E-state index in [2.05, 4.69) is 4.98 Å². The van der Waals surface area contributed by atoms with Gasteiger partial charge in [-0.1, -0.05) is 6.92 Å². The molecule has 0 aliphatic heterocycles. The van der Waals surface area contributed by atoms with Crippen molar-refractivity contribution in [1.29, 1.82) is 0 Å². The topological polar surface area (TPSA) is 51.4 Å². The number of nitrogens with zero attached hydrogens (tertiary/aromatic N) is 2. The number of hydrogen-bond acceptors (Lipinski definition) is 3. The van der Waals surface area contributed by atoms with Crippen molar-refractivity contribution >= 4 is 15.5 Å². The van der Waals surface area contributed by atoms with E-state index >= 15 is 0 Å². The van der Waals surface area contributed by atoms with Crippen LogP contribution in [0.5, 0.6) is 0 Å². The Labute approximate surface area is 107 Å². The number of pyridine rings is 1. The number of aryl methyl sites for hydroxylation is 1. The second-order valence-corrected chi connectivity index (χ2v) is 6.24. The number of hydrogen-bond donors (Lipinski definition) is 0. The number of imidazole rings is 1. The Morgan fingerprint density at radius 2 is 1.95 bits per heavy atom. The predicted octanol–water partition coefficient (Wildman–Crippen LogP) is 2.46. The molecule has 4 nitrogen and oxygen atoms in total. The van der Waals surface area contributed by atoms with Crippen LogP contribution >= 0.6 is 0 Å². The van der Waals surface area contributed by atoms with Crippen LogP contribution in [0.3, 0.4) is 0 Å². The molecule has 0 aliphatic rings. The van der Waals surface area contributed by atoms with Crippen LogP contribution in [0.2, 0.25) is 0 Å². The number of rotatable bonds is 2. The van der Waals surface area contributed by atoms with Gasteiger partial charge in [-0.3, -0.25) is 4.40 Å². The zero-order valence-electron chi connectivity index (χ0n) is 10.2. The minimum Gasteiger partial charge on any atom is -0.290 e. The summed E-state index contributed by atoms with van der Waals surface area (Å²) in [6.45, 7) is 2.89. The van der Waals surface area contributed by atoms with E-state index in [1.165, 1.54) is 13.8 Å². The van der Waals surface area contributed by atoms with Gasteiger partial charge in [0, 0.05) is 6.20 Å². The zero-order valence-corrected chi connectivity index (χ0v) is 11.0. The summed E-state index contributed by atoms with van der Waals surface area (Å²) in [5, 5.41) is -0.184. The maximum absolute atomic E-state index is 12.6. The monoisotopic (exact) mass is 292 g/mol. The fourth-order valence-corrected chi connectivity index (χ4v) is 3.04. The highest BCUT2D eigenvalue weighted by Crippen LogP contribution is 2.30. The summed E-state index contributed by atoms with van der Waals surface area (Å²) >= 11 is 0. The third-order valence-corrected chi connectivity index (χ3v) is 4.58. The SMILES string of the molecule is CCS(=O)(=O)c1c(C)nc2ccc(C(F)(F)F)cn12. The lowest BCUT2D eigenvalue weighted by atomic mass is 10.3. The van der Waals surface area contributed by atoms with Crippen LogP contribution in [0.15, 0.2) is 23.4 Å². The van der Waals surface area contributed by atoms with Crippen molar-refractivity contribution in [3.05, 3.63) is 29.6 Å². The van der Waals surface area contributed by atoms with Crippen molar-refractivity contribution in [1.82, 2.24) is 9.38 Å². The van der Waals surface area contributed by atoms with Gasteiger partial charge in [0.1, 0.15) is 5.65 Å². The van der Waals surface area contributed by atoms with Gasteiger partial charge in [-0.15, -0.1) is 0 Å². The van der Waals surface area contributed by atoms with Crippen molar-refractivity contribution in [2.45, 2.75) is 25.0 Å². The Morgan fingerprint density at radius 3 is 2.47 bits per heavy atom. The minimum atomic E-state index is -4.53. The van der Waals surface area contributed by atoms with Crippen LogP contribution in [0.4, 0.5) is 13.2 Å². The summed E-state index contributed by atoms with van der Waals surface area (Å²) in [5.74, 6) is -0.197. The standard InChI is InChI=1S/C11H11F3N2O2S/c1-3-19(17,18)10-7(2)15-9-5-4-8(6-16(9)10)11(12,13)14/h4-6H,3H2,1-2H3. The van der Waals surface area contributed by atoms with Crippen molar-refractivity contribution in [3.63, 3.8) is 0 Å². The fourth-order valence-electron chi connectivity index (χ4n) is 1.82. The first-order valence-electron chi connectivity index (χ1n) is 5.45. The van der Waals surface area contributed by atoms with E-state index in [1.54, 1.807) is 0 Å². The molecule has 0 aliphatic carbocycles. The molecule has 2 rings (SSSR count). The maximum atomic E-state index is 12.6. The molecule has 2 aromatic rings. The minimum absolute atomic E-state index is 0.178. The molecule has 2 heterocycles. The lowest BCUT2D eigenvalue weighted by Gasteiger charge is -2.08. The second kappa shape index (κ2) is 4.22. The normalized spacial score (nSPS) is 13.1. The predicted molar refractivity (Wildman–Crippen MR) is 62.7 cm³/mol. The van der Waals surface area contributed by atoms with Crippen LogP contribution in [-0.4, -0.2) is 23.6 Å². The van der Waals surface area contributed by atoms with Gasteiger partial charge in [0.2, 0.25) is 0 Å². The quantitative estimate of drug-likeness (QED) is 0.854. The average Bonchev–Trinajstić information content (AvgIpc) is 2.63. The molecule has 8 heteroatoms. The van der Waals surface area contributed by atoms with Gasteiger partial charge in [0.15, 0.2) is 14.9 Å². The molecule has 0 unspecified atom stereocenters. The smallest absolute Gasteiger partial charge is 0.290 e. The molecule has 0 amide bonds. The van der Waals surface area contributed by atoms with E-state index in [1.807, 2.05) is 0 Å². The molecule has 104 valence electrons. The maximum Gasteiger partial charge on any atom is 0.417 e. The van der Waals surface area contributed by atoms with E-state index in [0.29, 0.717) is 0 Å². The van der Waals surface area contributed by atoms with Crippen LogP contribution in [0, 0.1) is 6.92 Å². The van der Waals surface area contributed by atoms with Crippen molar-refractivity contribution < 1.29 is 21.6 Å². The van der Waals surface area contributed by atoms with Crippen LogP contribution in [0.25, 0.3) is 5.65 Å². The van der Waals surface area contributed by atoms with Gasteiger partial charge in [-0.05, 0) is 19.1 Å².